The van der Waals surface area contributed by atoms with E-state index in [4.69, 9.17) is 5.11 Å². The molecular weight excluding hydrogens is 194 g/mol. The summed E-state index contributed by atoms with van der Waals surface area (Å²) in [5, 5.41) is 8.95. The summed E-state index contributed by atoms with van der Waals surface area (Å²) in [6.45, 7) is 3.16. The molecule has 1 aliphatic carbocycles. The van der Waals surface area contributed by atoms with Gasteiger partial charge in [0.05, 0.1) is 5.92 Å². The fourth-order valence-electron chi connectivity index (χ4n) is 2.99. The molecule has 0 aromatic carbocycles. The van der Waals surface area contributed by atoms with Crippen LogP contribution in [0, 0.1) is 11.3 Å². The van der Waals surface area contributed by atoms with Crippen molar-refractivity contribution in [3.8, 4) is 0 Å². The van der Waals surface area contributed by atoms with Gasteiger partial charge >= 0.3 is 5.97 Å². The van der Waals surface area contributed by atoms with Gasteiger partial charge in [0.1, 0.15) is 0 Å². The third kappa shape index (κ3) is 1.85. The van der Waals surface area contributed by atoms with Crippen LogP contribution in [0.2, 0.25) is 0 Å². The highest BCUT2D eigenvalue weighted by Gasteiger charge is 2.46. The second-order valence-electron chi connectivity index (χ2n) is 4.97. The quantitative estimate of drug-likeness (QED) is 0.706. The molecule has 2 rings (SSSR count). The van der Waals surface area contributed by atoms with E-state index in [0.717, 1.165) is 38.8 Å². The lowest BCUT2D eigenvalue weighted by Crippen LogP contribution is -2.29. The Kier molecular flexibility index (Phi) is 2.44. The summed E-state index contributed by atoms with van der Waals surface area (Å²) < 4.78 is 0. The summed E-state index contributed by atoms with van der Waals surface area (Å²) in [6.07, 6.45) is 3.48. The lowest BCUT2D eigenvalue weighted by atomic mass is 9.84. The molecule has 0 radical (unpaired) electrons. The van der Waals surface area contributed by atoms with Crippen LogP contribution in [-0.2, 0) is 9.59 Å². The first-order valence-corrected chi connectivity index (χ1v) is 5.51. The first kappa shape index (κ1) is 10.5. The maximum Gasteiger partial charge on any atom is 0.306 e. The minimum absolute atomic E-state index is 0.116. The molecule has 2 atom stereocenters. The highest BCUT2D eigenvalue weighted by Crippen LogP contribution is 2.48. The van der Waals surface area contributed by atoms with Gasteiger partial charge in [-0.2, -0.15) is 0 Å². The number of carboxylic acids is 1. The Balaban J connectivity index is 2.00. The van der Waals surface area contributed by atoms with E-state index in [9.17, 15) is 9.59 Å². The third-order valence-corrected chi connectivity index (χ3v) is 3.94. The van der Waals surface area contributed by atoms with E-state index in [0.29, 0.717) is 0 Å². The molecule has 4 nitrogen and oxygen atoms in total. The molecule has 0 aromatic heterocycles. The van der Waals surface area contributed by atoms with Gasteiger partial charge in [-0.25, -0.2) is 0 Å². The van der Waals surface area contributed by atoms with E-state index in [1.165, 1.54) is 0 Å². The van der Waals surface area contributed by atoms with Crippen molar-refractivity contribution in [3.05, 3.63) is 0 Å². The number of carbonyl (C=O) groups is 2. The van der Waals surface area contributed by atoms with Crippen molar-refractivity contribution in [1.29, 1.82) is 0 Å². The number of nitrogens with zero attached hydrogens (tertiary/aromatic N) is 1. The predicted octanol–water partition coefficient (Wildman–Crippen LogP) is 1.11. The van der Waals surface area contributed by atoms with Crippen LogP contribution in [0.25, 0.3) is 0 Å². The summed E-state index contributed by atoms with van der Waals surface area (Å²) in [6, 6.07) is 0. The topological polar surface area (TPSA) is 57.6 Å². The van der Waals surface area contributed by atoms with E-state index < -0.39 is 5.97 Å². The molecule has 1 heterocycles. The van der Waals surface area contributed by atoms with Crippen molar-refractivity contribution in [2.45, 2.75) is 32.6 Å². The molecule has 1 amide bonds. The Labute approximate surface area is 89.3 Å². The largest absolute Gasteiger partial charge is 0.481 e. The molecule has 84 valence electrons. The van der Waals surface area contributed by atoms with Gasteiger partial charge in [0, 0.05) is 20.0 Å². The number of hydrogen-bond acceptors (Lipinski definition) is 2. The van der Waals surface area contributed by atoms with Crippen molar-refractivity contribution in [3.63, 3.8) is 0 Å². The van der Waals surface area contributed by atoms with Crippen LogP contribution in [0.3, 0.4) is 0 Å². The zero-order valence-electron chi connectivity index (χ0n) is 9.03. The van der Waals surface area contributed by atoms with Crippen LogP contribution in [0.1, 0.15) is 32.6 Å². The summed E-state index contributed by atoms with van der Waals surface area (Å²) >= 11 is 0. The minimum Gasteiger partial charge on any atom is -0.481 e. The van der Waals surface area contributed by atoms with Gasteiger partial charge in [0.25, 0.3) is 0 Å². The highest BCUT2D eigenvalue weighted by atomic mass is 16.4. The molecule has 4 heteroatoms. The van der Waals surface area contributed by atoms with Crippen LogP contribution in [0.4, 0.5) is 0 Å². The number of amides is 1. The smallest absolute Gasteiger partial charge is 0.306 e. The Morgan fingerprint density at radius 3 is 2.60 bits per heavy atom. The zero-order valence-corrected chi connectivity index (χ0v) is 9.03. The van der Waals surface area contributed by atoms with Crippen molar-refractivity contribution in [2.75, 3.05) is 13.1 Å². The van der Waals surface area contributed by atoms with Crippen LogP contribution < -0.4 is 0 Å². The summed E-state index contributed by atoms with van der Waals surface area (Å²) in [7, 11) is 0. The molecule has 1 aliphatic heterocycles. The van der Waals surface area contributed by atoms with Crippen LogP contribution in [-0.4, -0.2) is 35.0 Å². The van der Waals surface area contributed by atoms with Gasteiger partial charge in [-0.3, -0.25) is 9.59 Å². The van der Waals surface area contributed by atoms with Gasteiger partial charge in [0.2, 0.25) is 5.91 Å². The van der Waals surface area contributed by atoms with Gasteiger partial charge in [0.15, 0.2) is 0 Å². The average Bonchev–Trinajstić information content (AvgIpc) is 2.74. The summed E-state index contributed by atoms with van der Waals surface area (Å²) in [5.74, 6) is -0.740. The average molecular weight is 211 g/mol. The lowest BCUT2D eigenvalue weighted by molar-refractivity contribution is -0.141. The van der Waals surface area contributed by atoms with Crippen LogP contribution in [0.5, 0.6) is 0 Å². The van der Waals surface area contributed by atoms with Crippen molar-refractivity contribution in [1.82, 2.24) is 4.90 Å². The molecule has 1 spiro atoms. The predicted molar refractivity (Wildman–Crippen MR) is 54.3 cm³/mol. The fourth-order valence-corrected chi connectivity index (χ4v) is 2.99. The maximum absolute atomic E-state index is 11.2. The first-order valence-electron chi connectivity index (χ1n) is 5.51. The number of carboxylic acid groups (broad SMARTS) is 1. The van der Waals surface area contributed by atoms with Gasteiger partial charge in [-0.05, 0) is 31.1 Å². The third-order valence-electron chi connectivity index (χ3n) is 3.94. The summed E-state index contributed by atoms with van der Waals surface area (Å²) in [5.41, 5.74) is 0.120. The van der Waals surface area contributed by atoms with E-state index in [1.807, 2.05) is 4.90 Å². The number of carbonyl (C=O) groups excluding carboxylic acids is 1. The summed E-state index contributed by atoms with van der Waals surface area (Å²) in [4.78, 5) is 23.9. The van der Waals surface area contributed by atoms with Gasteiger partial charge in [-0.1, -0.05) is 0 Å². The number of likely N-dealkylation sites (tertiary alicyclic amines) is 1. The minimum atomic E-state index is -0.673. The molecule has 0 unspecified atom stereocenters. The first-order chi connectivity index (χ1) is 7.02. The molecule has 1 saturated carbocycles. The van der Waals surface area contributed by atoms with Gasteiger partial charge in [-0.15, -0.1) is 0 Å². The van der Waals surface area contributed by atoms with Gasteiger partial charge < -0.3 is 10.0 Å². The lowest BCUT2D eigenvalue weighted by Gasteiger charge is -2.23. The fraction of sp³-hybridized carbons (Fsp3) is 0.818. The van der Waals surface area contributed by atoms with Crippen molar-refractivity contribution >= 4 is 11.9 Å². The second-order valence-corrected chi connectivity index (χ2v) is 4.97. The molecule has 2 fully saturated rings. The monoisotopic (exact) mass is 211 g/mol. The molecule has 1 saturated heterocycles. The molecule has 0 aromatic rings. The second kappa shape index (κ2) is 3.51. The van der Waals surface area contributed by atoms with E-state index in [2.05, 4.69) is 0 Å². The Hall–Kier alpha value is -1.06. The highest BCUT2D eigenvalue weighted by molar-refractivity contribution is 5.74. The van der Waals surface area contributed by atoms with E-state index >= 15 is 0 Å². The molecule has 1 N–H and O–H groups in total. The number of hydrogen-bond donors (Lipinski definition) is 1. The van der Waals surface area contributed by atoms with Crippen molar-refractivity contribution < 1.29 is 14.7 Å². The maximum atomic E-state index is 11.2. The Morgan fingerprint density at radius 2 is 2.13 bits per heavy atom. The van der Waals surface area contributed by atoms with Crippen LogP contribution in [0.15, 0.2) is 0 Å². The normalized spacial score (nSPS) is 35.0. The number of aliphatic carboxylic acids is 1. The standard InChI is InChI=1S/C11H17NO3/c1-8(13)12-5-4-11(7-12)3-2-9(6-11)10(14)15/h9H,2-7H2,1H3,(H,14,15)/t9-,11-/m0/s1. The van der Waals surface area contributed by atoms with Crippen LogP contribution >= 0.6 is 0 Å². The molecule has 0 bridgehead atoms. The number of rotatable bonds is 1. The molecule has 15 heavy (non-hydrogen) atoms. The Bertz CT molecular complexity index is 270. The molecular formula is C11H17NO3. The SMILES string of the molecule is CC(=O)N1CC[C@]2(CC[C@H](C(=O)O)C2)C1. The van der Waals surface area contributed by atoms with Crippen molar-refractivity contribution in [2.24, 2.45) is 11.3 Å². The van der Waals surface area contributed by atoms with E-state index in [-0.39, 0.29) is 17.2 Å². The molecule has 2 aliphatic rings. The van der Waals surface area contributed by atoms with E-state index in [1.54, 1.807) is 6.92 Å². The zero-order chi connectivity index (χ0) is 11.1. The Morgan fingerprint density at radius 1 is 1.40 bits per heavy atom.